The zero-order chi connectivity index (χ0) is 17.7. The van der Waals surface area contributed by atoms with Crippen LogP contribution in [0.15, 0.2) is 29.3 Å². The number of halogens is 1. The van der Waals surface area contributed by atoms with Gasteiger partial charge in [0.1, 0.15) is 17.0 Å². The number of H-pyrrole nitrogens is 2. The number of methoxy groups -OCH3 is 1. The first-order valence-electron chi connectivity index (χ1n) is 7.50. The van der Waals surface area contributed by atoms with Crippen molar-refractivity contribution in [3.63, 3.8) is 0 Å². The van der Waals surface area contributed by atoms with Gasteiger partial charge in [-0.15, -0.1) is 0 Å². The third kappa shape index (κ3) is 2.07. The van der Waals surface area contributed by atoms with E-state index in [0.717, 1.165) is 5.56 Å². The standard InChI is InChI=1S/C17H14FN5O2/c1-7-5-20-17(25-2)12-11(13(19)16(24)22-14(7)12)8-3-4-10(18)15-9(8)6-21-23-15/h3-6H,19H2,1-2H3,(H,21,23)(H,22,24). The number of rotatable bonds is 2. The second-order valence-electron chi connectivity index (χ2n) is 5.70. The average molecular weight is 339 g/mol. The summed E-state index contributed by atoms with van der Waals surface area (Å²) in [5, 5.41) is 7.60. The molecule has 3 heterocycles. The highest BCUT2D eigenvalue weighted by Crippen LogP contribution is 2.39. The summed E-state index contributed by atoms with van der Waals surface area (Å²) in [6, 6.07) is 2.87. The lowest BCUT2D eigenvalue weighted by Crippen LogP contribution is -2.14. The zero-order valence-corrected chi connectivity index (χ0v) is 13.5. The molecule has 0 atom stereocenters. The Morgan fingerprint density at radius 1 is 1.24 bits per heavy atom. The number of nitrogens with one attached hydrogen (secondary N) is 2. The molecule has 0 aliphatic heterocycles. The third-order valence-electron chi connectivity index (χ3n) is 4.26. The van der Waals surface area contributed by atoms with Crippen LogP contribution in [0.1, 0.15) is 5.56 Å². The van der Waals surface area contributed by atoms with Gasteiger partial charge in [-0.05, 0) is 24.1 Å². The van der Waals surface area contributed by atoms with Crippen LogP contribution < -0.4 is 16.0 Å². The molecule has 3 aromatic heterocycles. The van der Waals surface area contributed by atoms with Crippen molar-refractivity contribution in [2.45, 2.75) is 6.92 Å². The van der Waals surface area contributed by atoms with Crippen molar-refractivity contribution in [1.29, 1.82) is 0 Å². The summed E-state index contributed by atoms with van der Waals surface area (Å²) >= 11 is 0. The van der Waals surface area contributed by atoms with Crippen LogP contribution in [0.25, 0.3) is 32.9 Å². The van der Waals surface area contributed by atoms with E-state index in [-0.39, 0.29) is 11.2 Å². The summed E-state index contributed by atoms with van der Waals surface area (Å²) in [7, 11) is 1.49. The molecule has 0 aliphatic rings. The van der Waals surface area contributed by atoms with Crippen molar-refractivity contribution in [2.24, 2.45) is 0 Å². The number of ether oxygens (including phenoxy) is 1. The number of nitrogens with zero attached hydrogens (tertiary/aromatic N) is 2. The Balaban J connectivity index is 2.26. The monoisotopic (exact) mass is 339 g/mol. The number of aromatic nitrogens is 4. The number of nitrogen functional groups attached to an aromatic ring is 1. The second-order valence-corrected chi connectivity index (χ2v) is 5.70. The first-order chi connectivity index (χ1) is 12.0. The first-order valence-corrected chi connectivity index (χ1v) is 7.50. The molecule has 0 radical (unpaired) electrons. The van der Waals surface area contributed by atoms with Crippen LogP contribution in [0, 0.1) is 12.7 Å². The topological polar surface area (TPSA) is 110 Å². The molecule has 1 aromatic carbocycles. The number of hydrogen-bond acceptors (Lipinski definition) is 5. The molecule has 4 rings (SSSR count). The van der Waals surface area contributed by atoms with Crippen LogP contribution in [0.3, 0.4) is 0 Å². The summed E-state index contributed by atoms with van der Waals surface area (Å²) in [5.41, 5.74) is 8.27. The SMILES string of the molecule is COc1ncc(C)c2[nH]c(=O)c(N)c(-c3ccc(F)c4[nH]ncc34)c12. The molecule has 0 amide bonds. The Morgan fingerprint density at radius 2 is 2.04 bits per heavy atom. The molecule has 25 heavy (non-hydrogen) atoms. The quantitative estimate of drug-likeness (QED) is 0.520. The van der Waals surface area contributed by atoms with Gasteiger partial charge in [0.15, 0.2) is 0 Å². The van der Waals surface area contributed by atoms with Crippen LogP contribution >= 0.6 is 0 Å². The predicted octanol–water partition coefficient (Wildman–Crippen LogP) is 2.50. The molecule has 4 aromatic rings. The smallest absolute Gasteiger partial charge is 0.272 e. The molecular formula is C17H14FN5O2. The summed E-state index contributed by atoms with van der Waals surface area (Å²) in [6.45, 7) is 1.82. The summed E-state index contributed by atoms with van der Waals surface area (Å²) in [6.07, 6.45) is 3.10. The van der Waals surface area contributed by atoms with E-state index in [0.29, 0.717) is 33.3 Å². The highest BCUT2D eigenvalue weighted by atomic mass is 19.1. The van der Waals surface area contributed by atoms with Crippen LogP contribution in [0.5, 0.6) is 5.88 Å². The minimum Gasteiger partial charge on any atom is -0.480 e. The van der Waals surface area contributed by atoms with E-state index in [1.54, 1.807) is 12.3 Å². The fourth-order valence-electron chi connectivity index (χ4n) is 3.07. The number of anilines is 1. The van der Waals surface area contributed by atoms with Gasteiger partial charge >= 0.3 is 0 Å². The van der Waals surface area contributed by atoms with Gasteiger partial charge in [-0.3, -0.25) is 9.89 Å². The van der Waals surface area contributed by atoms with E-state index in [1.165, 1.54) is 19.4 Å². The Morgan fingerprint density at radius 3 is 2.80 bits per heavy atom. The molecule has 4 N–H and O–H groups in total. The molecule has 0 unspecified atom stereocenters. The van der Waals surface area contributed by atoms with Gasteiger partial charge in [-0.2, -0.15) is 5.10 Å². The van der Waals surface area contributed by atoms with Crippen LogP contribution in [0.4, 0.5) is 10.1 Å². The van der Waals surface area contributed by atoms with E-state index in [9.17, 15) is 9.18 Å². The average Bonchev–Trinajstić information content (AvgIpc) is 3.09. The van der Waals surface area contributed by atoms with Crippen LogP contribution in [-0.2, 0) is 0 Å². The number of pyridine rings is 2. The molecule has 126 valence electrons. The van der Waals surface area contributed by atoms with E-state index in [1.807, 2.05) is 6.92 Å². The molecule has 0 fully saturated rings. The summed E-state index contributed by atoms with van der Waals surface area (Å²) in [5.74, 6) is -0.121. The summed E-state index contributed by atoms with van der Waals surface area (Å²) in [4.78, 5) is 19.4. The van der Waals surface area contributed by atoms with Crippen molar-refractivity contribution in [3.8, 4) is 17.0 Å². The van der Waals surface area contributed by atoms with Crippen molar-refractivity contribution >= 4 is 27.5 Å². The van der Waals surface area contributed by atoms with Crippen LogP contribution in [-0.4, -0.2) is 27.3 Å². The lowest BCUT2D eigenvalue weighted by Gasteiger charge is -2.14. The van der Waals surface area contributed by atoms with E-state index >= 15 is 0 Å². The van der Waals surface area contributed by atoms with Crippen molar-refractivity contribution in [3.05, 3.63) is 46.3 Å². The zero-order valence-electron chi connectivity index (χ0n) is 13.5. The number of fused-ring (bicyclic) bond motifs is 2. The number of nitrogens with two attached hydrogens (primary N) is 1. The number of aromatic amines is 2. The fourth-order valence-corrected chi connectivity index (χ4v) is 3.07. The first kappa shape index (κ1) is 15.1. The van der Waals surface area contributed by atoms with Gasteiger partial charge in [-0.25, -0.2) is 9.37 Å². The minimum atomic E-state index is -0.440. The largest absolute Gasteiger partial charge is 0.480 e. The number of benzene rings is 1. The maximum absolute atomic E-state index is 14.0. The van der Waals surface area contributed by atoms with Crippen molar-refractivity contribution in [2.75, 3.05) is 12.8 Å². The lowest BCUT2D eigenvalue weighted by molar-refractivity contribution is 0.403. The number of aryl methyl sites for hydroxylation is 1. The molecule has 0 spiro atoms. The highest BCUT2D eigenvalue weighted by Gasteiger charge is 2.21. The summed E-state index contributed by atoms with van der Waals surface area (Å²) < 4.78 is 19.4. The molecule has 0 saturated heterocycles. The molecule has 0 bridgehead atoms. The normalized spacial score (nSPS) is 11.3. The predicted molar refractivity (Wildman–Crippen MR) is 93.1 cm³/mol. The van der Waals surface area contributed by atoms with E-state index in [2.05, 4.69) is 20.2 Å². The molecule has 0 saturated carbocycles. The van der Waals surface area contributed by atoms with Gasteiger partial charge in [0.05, 0.1) is 24.2 Å². The second kappa shape index (κ2) is 5.30. The lowest BCUT2D eigenvalue weighted by atomic mass is 9.96. The van der Waals surface area contributed by atoms with E-state index in [4.69, 9.17) is 10.5 Å². The van der Waals surface area contributed by atoms with E-state index < -0.39 is 11.4 Å². The molecule has 7 nitrogen and oxygen atoms in total. The third-order valence-corrected chi connectivity index (χ3v) is 4.26. The van der Waals surface area contributed by atoms with Crippen molar-refractivity contribution < 1.29 is 9.13 Å². The molecule has 8 heteroatoms. The van der Waals surface area contributed by atoms with Crippen molar-refractivity contribution in [1.82, 2.24) is 20.2 Å². The minimum absolute atomic E-state index is 0.00677. The van der Waals surface area contributed by atoms with Crippen LogP contribution in [0.2, 0.25) is 0 Å². The van der Waals surface area contributed by atoms with Gasteiger partial charge in [0.2, 0.25) is 5.88 Å². The fraction of sp³-hybridized carbons (Fsp3) is 0.118. The highest BCUT2D eigenvalue weighted by molar-refractivity contribution is 6.09. The maximum atomic E-state index is 14.0. The number of hydrogen-bond donors (Lipinski definition) is 3. The van der Waals surface area contributed by atoms with Gasteiger partial charge in [0.25, 0.3) is 5.56 Å². The Kier molecular flexibility index (Phi) is 3.21. The van der Waals surface area contributed by atoms with Gasteiger partial charge in [-0.1, -0.05) is 6.07 Å². The van der Waals surface area contributed by atoms with Gasteiger partial charge < -0.3 is 15.5 Å². The Bertz CT molecular complexity index is 1200. The molecule has 0 aliphatic carbocycles. The van der Waals surface area contributed by atoms with Gasteiger partial charge in [0, 0.05) is 17.1 Å². The maximum Gasteiger partial charge on any atom is 0.272 e. The Hall–Kier alpha value is -3.42. The Labute approximate surface area is 140 Å². The molecular weight excluding hydrogens is 325 g/mol.